The molecule has 0 saturated carbocycles. The molecule has 10 heteroatoms. The maximum absolute atomic E-state index is 11.8. The Balaban J connectivity index is 1.27. The van der Waals surface area contributed by atoms with E-state index in [9.17, 15) is 4.79 Å². The zero-order chi connectivity index (χ0) is 22.3. The maximum Gasteiger partial charge on any atom is 0.338 e. The van der Waals surface area contributed by atoms with Crippen molar-refractivity contribution >= 4 is 40.6 Å². The molecule has 9 nitrogen and oxygen atoms in total. The number of aromatic nitrogens is 2. The summed E-state index contributed by atoms with van der Waals surface area (Å²) in [6.07, 6.45) is 0. The lowest BCUT2D eigenvalue weighted by Crippen LogP contribution is -2.50. The first-order valence-corrected chi connectivity index (χ1v) is 11.3. The number of rotatable bonds is 5. The van der Waals surface area contributed by atoms with E-state index in [1.807, 2.05) is 24.3 Å². The molecular formula is C22H28N6O3S. The van der Waals surface area contributed by atoms with Crippen molar-refractivity contribution in [1.29, 1.82) is 0 Å². The van der Waals surface area contributed by atoms with Crippen molar-refractivity contribution in [1.82, 2.24) is 15.1 Å². The monoisotopic (exact) mass is 456 g/mol. The number of carbonyl (C=O) groups excluding carboxylic acids is 1. The topological polar surface area (TPSA) is 83.1 Å². The van der Waals surface area contributed by atoms with Gasteiger partial charge in [-0.15, -0.1) is 10.2 Å². The average Bonchev–Trinajstić information content (AvgIpc) is 2.85. The lowest BCUT2D eigenvalue weighted by Gasteiger charge is -2.36. The molecule has 0 spiro atoms. The molecule has 0 radical (unpaired) electrons. The summed E-state index contributed by atoms with van der Waals surface area (Å²) in [5.41, 5.74) is 1.37. The normalized spacial score (nSPS) is 16.6. The number of morpholine rings is 1. The van der Waals surface area contributed by atoms with Crippen molar-refractivity contribution in [2.24, 2.45) is 0 Å². The van der Waals surface area contributed by atoms with Crippen LogP contribution in [0.15, 0.2) is 36.4 Å². The minimum atomic E-state index is -0.321. The van der Waals surface area contributed by atoms with E-state index in [2.05, 4.69) is 30.2 Å². The molecule has 1 aromatic carbocycles. The highest BCUT2D eigenvalue weighted by Crippen LogP contribution is 2.18. The van der Waals surface area contributed by atoms with Crippen molar-refractivity contribution in [2.75, 3.05) is 74.2 Å². The SMILES string of the molecule is CCOC(=O)c1ccc(NC(=S)N2CCN(c3ccc(N4CCOCC4)nn3)CC2)cc1. The first kappa shape index (κ1) is 22.2. The van der Waals surface area contributed by atoms with Crippen molar-refractivity contribution < 1.29 is 14.3 Å². The number of hydrogen-bond acceptors (Lipinski definition) is 8. The summed E-state index contributed by atoms with van der Waals surface area (Å²) in [5.74, 6) is 1.46. The van der Waals surface area contributed by atoms with Crippen molar-refractivity contribution in [3.63, 3.8) is 0 Å². The predicted molar refractivity (Wildman–Crippen MR) is 127 cm³/mol. The number of hydrogen-bond donors (Lipinski definition) is 1. The number of ether oxygens (including phenoxy) is 2. The summed E-state index contributed by atoms with van der Waals surface area (Å²) in [4.78, 5) is 18.3. The number of piperazine rings is 1. The van der Waals surface area contributed by atoms with Crippen LogP contribution < -0.4 is 15.1 Å². The molecule has 4 rings (SSSR count). The molecule has 3 heterocycles. The van der Waals surface area contributed by atoms with Gasteiger partial charge in [-0.1, -0.05) is 0 Å². The third-order valence-corrected chi connectivity index (χ3v) is 5.87. The number of esters is 1. The van der Waals surface area contributed by atoms with Crippen LogP contribution in [0, 0.1) is 0 Å². The second-order valence-corrected chi connectivity index (χ2v) is 7.94. The van der Waals surface area contributed by atoms with E-state index in [1.165, 1.54) is 0 Å². The van der Waals surface area contributed by atoms with Crippen LogP contribution in [0.4, 0.5) is 17.3 Å². The molecule has 0 unspecified atom stereocenters. The minimum absolute atomic E-state index is 0.321. The lowest BCUT2D eigenvalue weighted by molar-refractivity contribution is 0.0526. The smallest absolute Gasteiger partial charge is 0.338 e. The zero-order valence-corrected chi connectivity index (χ0v) is 19.0. The van der Waals surface area contributed by atoms with Gasteiger partial charge in [0, 0.05) is 45.0 Å². The Morgan fingerprint density at radius 2 is 1.56 bits per heavy atom. The van der Waals surface area contributed by atoms with Crippen molar-refractivity contribution in [3.05, 3.63) is 42.0 Å². The Bertz CT molecular complexity index is 910. The fourth-order valence-electron chi connectivity index (χ4n) is 3.69. The number of benzene rings is 1. The average molecular weight is 457 g/mol. The van der Waals surface area contributed by atoms with Gasteiger partial charge in [0.15, 0.2) is 16.7 Å². The van der Waals surface area contributed by atoms with Gasteiger partial charge in [-0.3, -0.25) is 0 Å². The molecule has 170 valence electrons. The van der Waals surface area contributed by atoms with E-state index in [0.717, 1.165) is 69.8 Å². The number of nitrogens with one attached hydrogen (secondary N) is 1. The molecule has 0 aliphatic carbocycles. The molecule has 2 aromatic rings. The van der Waals surface area contributed by atoms with Gasteiger partial charge < -0.3 is 29.5 Å². The molecule has 2 aliphatic rings. The van der Waals surface area contributed by atoms with Crippen LogP contribution in [0.5, 0.6) is 0 Å². The highest BCUT2D eigenvalue weighted by molar-refractivity contribution is 7.80. The number of thiocarbonyl (C=S) groups is 1. The van der Waals surface area contributed by atoms with E-state index in [-0.39, 0.29) is 5.97 Å². The van der Waals surface area contributed by atoms with Gasteiger partial charge in [-0.2, -0.15) is 0 Å². The molecule has 0 atom stereocenters. The van der Waals surface area contributed by atoms with E-state index < -0.39 is 0 Å². The van der Waals surface area contributed by atoms with Crippen LogP contribution in [-0.4, -0.2) is 85.3 Å². The molecule has 1 N–H and O–H groups in total. The standard InChI is InChI=1S/C22H28N6O3S/c1-2-31-21(29)17-3-5-18(6-4-17)23-22(32)28-11-9-26(10-12-28)19-7-8-20(25-24-19)27-13-15-30-16-14-27/h3-8H,2,9-16H2,1H3,(H,23,32). The largest absolute Gasteiger partial charge is 0.462 e. The van der Waals surface area contributed by atoms with Crippen molar-refractivity contribution in [3.8, 4) is 0 Å². The van der Waals surface area contributed by atoms with Crippen LogP contribution in [0.2, 0.25) is 0 Å². The third kappa shape index (κ3) is 5.43. The molecule has 32 heavy (non-hydrogen) atoms. The van der Waals surface area contributed by atoms with Gasteiger partial charge in [-0.25, -0.2) is 4.79 Å². The molecular weight excluding hydrogens is 428 g/mol. The quantitative estimate of drug-likeness (QED) is 0.533. The maximum atomic E-state index is 11.8. The van der Waals surface area contributed by atoms with Crippen molar-refractivity contribution in [2.45, 2.75) is 6.92 Å². The first-order valence-electron chi connectivity index (χ1n) is 10.9. The predicted octanol–water partition coefficient (Wildman–Crippen LogP) is 2.01. The molecule has 2 saturated heterocycles. The summed E-state index contributed by atoms with van der Waals surface area (Å²) >= 11 is 5.59. The Morgan fingerprint density at radius 3 is 2.12 bits per heavy atom. The second-order valence-electron chi connectivity index (χ2n) is 7.55. The molecule has 0 amide bonds. The molecule has 2 fully saturated rings. The van der Waals surface area contributed by atoms with Gasteiger partial charge in [-0.05, 0) is 55.5 Å². The molecule has 2 aliphatic heterocycles. The summed E-state index contributed by atoms with van der Waals surface area (Å²) in [7, 11) is 0. The summed E-state index contributed by atoms with van der Waals surface area (Å²) < 4.78 is 10.4. The van der Waals surface area contributed by atoms with Gasteiger partial charge in [0.05, 0.1) is 25.4 Å². The Morgan fingerprint density at radius 1 is 0.969 bits per heavy atom. The molecule has 1 aromatic heterocycles. The van der Waals surface area contributed by atoms with Crippen LogP contribution in [-0.2, 0) is 9.47 Å². The van der Waals surface area contributed by atoms with Crippen LogP contribution in [0.25, 0.3) is 0 Å². The van der Waals surface area contributed by atoms with E-state index in [4.69, 9.17) is 21.7 Å². The van der Waals surface area contributed by atoms with E-state index in [1.54, 1.807) is 19.1 Å². The number of anilines is 3. The van der Waals surface area contributed by atoms with E-state index >= 15 is 0 Å². The lowest BCUT2D eigenvalue weighted by atomic mass is 10.2. The minimum Gasteiger partial charge on any atom is -0.462 e. The van der Waals surface area contributed by atoms with Gasteiger partial charge >= 0.3 is 5.97 Å². The Hall–Kier alpha value is -2.98. The van der Waals surface area contributed by atoms with Crippen LogP contribution >= 0.6 is 12.2 Å². The first-order chi connectivity index (χ1) is 15.6. The van der Waals surface area contributed by atoms with E-state index in [0.29, 0.717) is 17.3 Å². The zero-order valence-electron chi connectivity index (χ0n) is 18.2. The number of carbonyl (C=O) groups is 1. The highest BCUT2D eigenvalue weighted by atomic mass is 32.1. The molecule has 0 bridgehead atoms. The second kappa shape index (κ2) is 10.6. The fourth-order valence-corrected chi connectivity index (χ4v) is 3.99. The summed E-state index contributed by atoms with van der Waals surface area (Å²) in [6.45, 7) is 8.52. The summed E-state index contributed by atoms with van der Waals surface area (Å²) in [5, 5.41) is 12.8. The van der Waals surface area contributed by atoms with Crippen LogP contribution in [0.3, 0.4) is 0 Å². The third-order valence-electron chi connectivity index (χ3n) is 5.51. The Kier molecular flexibility index (Phi) is 7.33. The van der Waals surface area contributed by atoms with Gasteiger partial charge in [0.25, 0.3) is 0 Å². The Labute approximate surface area is 193 Å². The van der Waals surface area contributed by atoms with Gasteiger partial charge in [0.1, 0.15) is 0 Å². The van der Waals surface area contributed by atoms with Gasteiger partial charge in [0.2, 0.25) is 0 Å². The summed E-state index contributed by atoms with van der Waals surface area (Å²) in [6, 6.07) is 11.2. The highest BCUT2D eigenvalue weighted by Gasteiger charge is 2.21. The van der Waals surface area contributed by atoms with Crippen LogP contribution in [0.1, 0.15) is 17.3 Å². The number of nitrogens with zero attached hydrogens (tertiary/aromatic N) is 5. The fraction of sp³-hybridized carbons (Fsp3) is 0.455.